The average Bonchev–Trinajstić information content (AvgIpc) is 2.79. The van der Waals surface area contributed by atoms with E-state index in [0.29, 0.717) is 32.2 Å². The van der Waals surface area contributed by atoms with E-state index in [1.54, 1.807) is 4.90 Å². The second-order valence-electron chi connectivity index (χ2n) is 7.99. The van der Waals surface area contributed by atoms with Crippen LogP contribution < -0.4 is 4.74 Å². The van der Waals surface area contributed by atoms with Crippen LogP contribution in [-0.4, -0.2) is 45.4 Å². The fourth-order valence-electron chi connectivity index (χ4n) is 3.79. The number of carbonyl (C=O) groups is 1. The number of hydrogen-bond donors (Lipinski definition) is 0. The van der Waals surface area contributed by atoms with Gasteiger partial charge in [0.15, 0.2) is 27.2 Å². The van der Waals surface area contributed by atoms with E-state index in [1.807, 2.05) is 30.3 Å². The van der Waals surface area contributed by atoms with Crippen molar-refractivity contribution in [1.29, 1.82) is 0 Å². The zero-order valence-corrected chi connectivity index (χ0v) is 19.3. The lowest BCUT2D eigenvalue weighted by molar-refractivity contribution is 0.0753. The summed E-state index contributed by atoms with van der Waals surface area (Å²) in [6.07, 6.45) is 1.12. The first-order valence-corrected chi connectivity index (χ1v) is 12.5. The number of carbonyl (C=O) groups excluding carboxylic acids is 1. The molecular formula is C23H26F3NO5S. The number of nitrogens with zero attached hydrogens (tertiary/aromatic N) is 1. The van der Waals surface area contributed by atoms with Crippen molar-refractivity contribution in [2.24, 2.45) is 5.92 Å². The average molecular weight is 486 g/mol. The standard InChI is InChI=1S/C23H26F3NO5S/c1-3-17-18(24)21(19(25)20(26)22(17)33(2,29)30)31-13-16-9-11-27(12-10-16)23(28)32-14-15-7-5-4-6-8-15/h4-8,16H,3,9-14H2,1-2H3. The van der Waals surface area contributed by atoms with Crippen LogP contribution in [0, 0.1) is 23.4 Å². The van der Waals surface area contributed by atoms with E-state index in [1.165, 1.54) is 6.92 Å². The molecule has 1 aliphatic heterocycles. The maximum atomic E-state index is 14.8. The fraction of sp³-hybridized carbons (Fsp3) is 0.435. The van der Waals surface area contributed by atoms with Crippen molar-refractivity contribution < 1.29 is 35.9 Å². The molecule has 1 amide bonds. The Morgan fingerprint density at radius 2 is 1.70 bits per heavy atom. The molecule has 1 aliphatic rings. The molecule has 3 rings (SSSR count). The lowest BCUT2D eigenvalue weighted by Crippen LogP contribution is -2.40. The molecule has 0 unspecified atom stereocenters. The first-order valence-electron chi connectivity index (χ1n) is 10.6. The third-order valence-electron chi connectivity index (χ3n) is 5.60. The molecule has 10 heteroatoms. The van der Waals surface area contributed by atoms with E-state index in [0.717, 1.165) is 5.56 Å². The van der Waals surface area contributed by atoms with Crippen LogP contribution in [0.15, 0.2) is 35.2 Å². The van der Waals surface area contributed by atoms with Gasteiger partial charge in [-0.3, -0.25) is 0 Å². The van der Waals surface area contributed by atoms with Gasteiger partial charge in [-0.05, 0) is 30.7 Å². The zero-order chi connectivity index (χ0) is 24.2. The highest BCUT2D eigenvalue weighted by Crippen LogP contribution is 2.34. The van der Waals surface area contributed by atoms with E-state index in [2.05, 4.69) is 0 Å². The second kappa shape index (κ2) is 10.5. The Labute approximate surface area is 191 Å². The summed E-state index contributed by atoms with van der Waals surface area (Å²) in [6.45, 7) is 2.28. The van der Waals surface area contributed by atoms with Gasteiger partial charge in [0.05, 0.1) is 6.61 Å². The minimum absolute atomic E-state index is 0.0957. The monoisotopic (exact) mass is 485 g/mol. The van der Waals surface area contributed by atoms with Crippen LogP contribution in [0.2, 0.25) is 0 Å². The van der Waals surface area contributed by atoms with Gasteiger partial charge in [-0.15, -0.1) is 0 Å². The number of hydrogen-bond acceptors (Lipinski definition) is 5. The van der Waals surface area contributed by atoms with Gasteiger partial charge in [-0.25, -0.2) is 22.0 Å². The maximum Gasteiger partial charge on any atom is 0.410 e. The highest BCUT2D eigenvalue weighted by molar-refractivity contribution is 7.90. The Bertz CT molecular complexity index is 1100. The van der Waals surface area contributed by atoms with Crippen molar-refractivity contribution in [3.8, 4) is 5.75 Å². The zero-order valence-electron chi connectivity index (χ0n) is 18.4. The van der Waals surface area contributed by atoms with Crippen LogP contribution in [0.25, 0.3) is 0 Å². The molecule has 0 saturated carbocycles. The molecule has 0 N–H and O–H groups in total. The number of rotatable bonds is 7. The van der Waals surface area contributed by atoms with Gasteiger partial charge < -0.3 is 14.4 Å². The van der Waals surface area contributed by atoms with Gasteiger partial charge in [0.25, 0.3) is 0 Å². The molecule has 6 nitrogen and oxygen atoms in total. The third-order valence-corrected chi connectivity index (χ3v) is 6.76. The maximum absolute atomic E-state index is 14.8. The predicted molar refractivity (Wildman–Crippen MR) is 115 cm³/mol. The summed E-state index contributed by atoms with van der Waals surface area (Å²) < 4.78 is 77.9. The first-order chi connectivity index (χ1) is 15.6. The van der Waals surface area contributed by atoms with E-state index in [4.69, 9.17) is 9.47 Å². The minimum atomic E-state index is -4.17. The summed E-state index contributed by atoms with van der Waals surface area (Å²) in [5.74, 6) is -5.54. The molecule has 1 fully saturated rings. The summed E-state index contributed by atoms with van der Waals surface area (Å²) >= 11 is 0. The van der Waals surface area contributed by atoms with Crippen LogP contribution in [0.5, 0.6) is 5.75 Å². The van der Waals surface area contributed by atoms with Gasteiger partial charge in [0.1, 0.15) is 11.5 Å². The number of halogens is 3. The Hall–Kier alpha value is -2.75. The van der Waals surface area contributed by atoms with Gasteiger partial charge in [-0.1, -0.05) is 37.3 Å². The highest BCUT2D eigenvalue weighted by atomic mass is 32.2. The van der Waals surface area contributed by atoms with E-state index >= 15 is 0 Å². The van der Waals surface area contributed by atoms with E-state index in [9.17, 15) is 26.4 Å². The molecule has 180 valence electrons. The second-order valence-corrected chi connectivity index (χ2v) is 9.94. The summed E-state index contributed by atoms with van der Waals surface area (Å²) in [4.78, 5) is 12.8. The number of benzene rings is 2. The van der Waals surface area contributed by atoms with Crippen molar-refractivity contribution in [3.05, 3.63) is 58.9 Å². The van der Waals surface area contributed by atoms with Gasteiger partial charge in [0.2, 0.25) is 5.82 Å². The van der Waals surface area contributed by atoms with Crippen molar-refractivity contribution >= 4 is 15.9 Å². The van der Waals surface area contributed by atoms with Crippen LogP contribution in [0.3, 0.4) is 0 Å². The number of amides is 1. The molecule has 0 radical (unpaired) electrons. The van der Waals surface area contributed by atoms with Crippen molar-refractivity contribution in [3.63, 3.8) is 0 Å². The predicted octanol–water partition coefficient (Wildman–Crippen LogP) is 4.50. The molecule has 0 aromatic heterocycles. The summed E-state index contributed by atoms with van der Waals surface area (Å²) in [7, 11) is -4.17. The van der Waals surface area contributed by atoms with Crippen LogP contribution >= 0.6 is 0 Å². The minimum Gasteiger partial charge on any atom is -0.487 e. The van der Waals surface area contributed by atoms with Gasteiger partial charge in [-0.2, -0.15) is 4.39 Å². The smallest absolute Gasteiger partial charge is 0.410 e. The van der Waals surface area contributed by atoms with Gasteiger partial charge >= 0.3 is 6.09 Å². The molecule has 2 aromatic rings. The largest absolute Gasteiger partial charge is 0.487 e. The van der Waals surface area contributed by atoms with Gasteiger partial charge in [0, 0.05) is 24.9 Å². The quantitative estimate of drug-likeness (QED) is 0.540. The Morgan fingerprint density at radius 3 is 2.27 bits per heavy atom. The molecule has 0 aliphatic carbocycles. The summed E-state index contributed by atoms with van der Waals surface area (Å²) in [5.41, 5.74) is 0.432. The summed E-state index contributed by atoms with van der Waals surface area (Å²) in [6, 6.07) is 9.27. The number of likely N-dealkylation sites (tertiary alicyclic amines) is 1. The molecule has 0 bridgehead atoms. The van der Waals surface area contributed by atoms with Crippen molar-refractivity contribution in [2.75, 3.05) is 26.0 Å². The van der Waals surface area contributed by atoms with Crippen LogP contribution in [0.4, 0.5) is 18.0 Å². The molecule has 2 aromatic carbocycles. The van der Waals surface area contributed by atoms with Crippen LogP contribution in [-0.2, 0) is 27.6 Å². The molecule has 1 heterocycles. The summed E-state index contributed by atoms with van der Waals surface area (Å²) in [5, 5.41) is 0. The number of piperidine rings is 1. The molecule has 33 heavy (non-hydrogen) atoms. The molecule has 0 atom stereocenters. The highest BCUT2D eigenvalue weighted by Gasteiger charge is 2.31. The van der Waals surface area contributed by atoms with E-state index in [-0.39, 0.29) is 25.6 Å². The SMILES string of the molecule is CCc1c(F)c(OCC2CCN(C(=O)OCc3ccccc3)CC2)c(F)c(F)c1S(C)(=O)=O. The Balaban J connectivity index is 1.59. The third kappa shape index (κ3) is 5.79. The fourth-order valence-corrected chi connectivity index (χ4v) is 4.88. The van der Waals surface area contributed by atoms with E-state index < -0.39 is 49.6 Å². The van der Waals surface area contributed by atoms with Crippen LogP contribution in [0.1, 0.15) is 30.9 Å². The number of sulfone groups is 1. The Kier molecular flexibility index (Phi) is 7.88. The van der Waals surface area contributed by atoms with Crippen molar-refractivity contribution in [2.45, 2.75) is 37.7 Å². The number of ether oxygens (including phenoxy) is 2. The first kappa shape index (κ1) is 24.9. The lowest BCUT2D eigenvalue weighted by atomic mass is 9.98. The molecule has 1 saturated heterocycles. The lowest BCUT2D eigenvalue weighted by Gasteiger charge is -2.31. The molecule has 0 spiro atoms. The normalized spacial score (nSPS) is 14.9. The Morgan fingerprint density at radius 1 is 1.06 bits per heavy atom. The van der Waals surface area contributed by atoms with Crippen molar-refractivity contribution in [1.82, 2.24) is 4.90 Å². The molecular weight excluding hydrogens is 459 g/mol. The topological polar surface area (TPSA) is 72.9 Å².